The molecule has 0 radical (unpaired) electrons. The number of aromatic amines is 1. The van der Waals surface area contributed by atoms with E-state index >= 15 is 0 Å². The van der Waals surface area contributed by atoms with Crippen LogP contribution in [0.3, 0.4) is 0 Å². The molecule has 0 atom stereocenters. The largest absolute Gasteiger partial charge is 0.497 e. The van der Waals surface area contributed by atoms with Gasteiger partial charge in [-0.15, -0.1) is 0 Å². The Morgan fingerprint density at radius 3 is 2.52 bits per heavy atom. The molecule has 5 nitrogen and oxygen atoms in total. The number of ether oxygens (including phenoxy) is 1. The lowest BCUT2D eigenvalue weighted by molar-refractivity contribution is 0.414. The number of rotatable bonds is 4. The van der Waals surface area contributed by atoms with Crippen LogP contribution in [0.25, 0.3) is 28.2 Å². The van der Waals surface area contributed by atoms with Crippen molar-refractivity contribution in [3.8, 4) is 34.0 Å². The zero-order valence-corrected chi connectivity index (χ0v) is 15.1. The van der Waals surface area contributed by atoms with Crippen LogP contribution in [-0.4, -0.2) is 21.9 Å². The third-order valence-corrected chi connectivity index (χ3v) is 4.41. The van der Waals surface area contributed by atoms with Crippen LogP contribution < -0.4 is 10.3 Å². The lowest BCUT2D eigenvalue weighted by atomic mass is 10.1. The highest BCUT2D eigenvalue weighted by atomic mass is 16.5. The van der Waals surface area contributed by atoms with Gasteiger partial charge in [0, 0.05) is 17.3 Å². The Morgan fingerprint density at radius 1 is 0.963 bits per heavy atom. The average molecular weight is 357 g/mol. The maximum atomic E-state index is 12.4. The fourth-order valence-electron chi connectivity index (χ4n) is 3.04. The van der Waals surface area contributed by atoms with E-state index in [9.17, 15) is 4.79 Å². The lowest BCUT2D eigenvalue weighted by Crippen LogP contribution is -2.10. The molecule has 1 N–H and O–H groups in total. The number of hydrogen-bond donors (Lipinski definition) is 1. The minimum Gasteiger partial charge on any atom is -0.497 e. The third-order valence-electron chi connectivity index (χ3n) is 4.41. The highest BCUT2D eigenvalue weighted by Gasteiger charge is 2.15. The highest BCUT2D eigenvalue weighted by Crippen LogP contribution is 2.28. The molecule has 2 heterocycles. The molecular weight excluding hydrogens is 338 g/mol. The molecule has 2 aromatic carbocycles. The summed E-state index contributed by atoms with van der Waals surface area (Å²) < 4.78 is 7.19. The summed E-state index contributed by atoms with van der Waals surface area (Å²) >= 11 is 0. The number of aromatic nitrogens is 3. The van der Waals surface area contributed by atoms with Crippen LogP contribution in [0.1, 0.15) is 5.69 Å². The van der Waals surface area contributed by atoms with E-state index < -0.39 is 0 Å². The van der Waals surface area contributed by atoms with E-state index in [1.807, 2.05) is 78.3 Å². The average Bonchev–Trinajstić information content (AvgIpc) is 3.14. The molecule has 0 saturated carbocycles. The topological polar surface area (TPSA) is 59.9 Å². The van der Waals surface area contributed by atoms with Gasteiger partial charge in [-0.05, 0) is 37.3 Å². The Labute approximate surface area is 156 Å². The van der Waals surface area contributed by atoms with Gasteiger partial charge >= 0.3 is 0 Å². The second-order valence-electron chi connectivity index (χ2n) is 6.28. The monoisotopic (exact) mass is 357 g/mol. The van der Waals surface area contributed by atoms with Crippen LogP contribution in [0.4, 0.5) is 0 Å². The molecule has 0 amide bonds. The van der Waals surface area contributed by atoms with Crippen molar-refractivity contribution in [2.45, 2.75) is 6.92 Å². The Bertz CT molecular complexity index is 1140. The summed E-state index contributed by atoms with van der Waals surface area (Å²) in [6.07, 6.45) is 0. The van der Waals surface area contributed by atoms with E-state index in [0.717, 1.165) is 28.4 Å². The van der Waals surface area contributed by atoms with Crippen molar-refractivity contribution in [1.82, 2.24) is 14.8 Å². The first-order chi connectivity index (χ1) is 13.2. The first kappa shape index (κ1) is 16.8. The number of benzene rings is 2. The lowest BCUT2D eigenvalue weighted by Gasteiger charge is -2.09. The summed E-state index contributed by atoms with van der Waals surface area (Å²) in [7, 11) is 1.64. The Hall–Kier alpha value is -3.60. The summed E-state index contributed by atoms with van der Waals surface area (Å²) in [5.74, 6) is 0.747. The Morgan fingerprint density at radius 2 is 1.78 bits per heavy atom. The molecule has 0 saturated heterocycles. The summed E-state index contributed by atoms with van der Waals surface area (Å²) in [5.41, 5.74) is 4.62. The van der Waals surface area contributed by atoms with Crippen LogP contribution in [0.5, 0.6) is 5.75 Å². The van der Waals surface area contributed by atoms with Crippen molar-refractivity contribution < 1.29 is 4.74 Å². The Balaban J connectivity index is 1.93. The fraction of sp³-hybridized carbons (Fsp3) is 0.0909. The fourth-order valence-corrected chi connectivity index (χ4v) is 3.04. The van der Waals surface area contributed by atoms with Gasteiger partial charge in [-0.25, -0.2) is 4.68 Å². The molecular formula is C22H19N3O2. The quantitative estimate of drug-likeness (QED) is 0.595. The molecule has 0 spiro atoms. The number of aryl methyl sites for hydroxylation is 1. The van der Waals surface area contributed by atoms with Gasteiger partial charge in [-0.1, -0.05) is 36.4 Å². The van der Waals surface area contributed by atoms with E-state index in [1.54, 1.807) is 13.2 Å². The molecule has 4 rings (SSSR count). The maximum absolute atomic E-state index is 12.4. The number of nitrogens with one attached hydrogen (secondary N) is 1. The molecule has 5 heteroatoms. The van der Waals surface area contributed by atoms with E-state index in [4.69, 9.17) is 9.84 Å². The number of hydrogen-bond acceptors (Lipinski definition) is 3. The van der Waals surface area contributed by atoms with Crippen molar-refractivity contribution in [3.63, 3.8) is 0 Å². The first-order valence-corrected chi connectivity index (χ1v) is 8.66. The van der Waals surface area contributed by atoms with E-state index in [1.165, 1.54) is 0 Å². The van der Waals surface area contributed by atoms with Crippen molar-refractivity contribution in [2.24, 2.45) is 0 Å². The molecule has 2 aromatic heterocycles. The first-order valence-electron chi connectivity index (χ1n) is 8.66. The summed E-state index contributed by atoms with van der Waals surface area (Å²) in [6.45, 7) is 1.86. The van der Waals surface area contributed by atoms with Crippen molar-refractivity contribution >= 4 is 0 Å². The molecule has 0 unspecified atom stereocenters. The maximum Gasteiger partial charge on any atom is 0.257 e. The SMILES string of the molecule is COc1cccc(-n2nc(-c3ccc(C)[nH]c3=O)cc2-c2ccccc2)c1. The standard InChI is InChI=1S/C22H19N3O2/c1-15-11-12-19(22(26)23-15)20-14-21(16-7-4-3-5-8-16)25(24-20)17-9-6-10-18(13-17)27-2/h3-14H,1-2H3,(H,23,26). The van der Waals surface area contributed by atoms with E-state index in [2.05, 4.69) is 4.98 Å². The third kappa shape index (κ3) is 3.27. The van der Waals surface area contributed by atoms with Gasteiger partial charge in [0.15, 0.2) is 0 Å². The van der Waals surface area contributed by atoms with Crippen LogP contribution in [-0.2, 0) is 0 Å². The molecule has 0 bridgehead atoms. The minimum absolute atomic E-state index is 0.148. The Kier molecular flexibility index (Phi) is 4.34. The number of nitrogens with zero attached hydrogens (tertiary/aromatic N) is 2. The van der Waals surface area contributed by atoms with Crippen molar-refractivity contribution in [3.05, 3.63) is 88.8 Å². The van der Waals surface area contributed by atoms with Crippen LogP contribution >= 0.6 is 0 Å². The van der Waals surface area contributed by atoms with Crippen molar-refractivity contribution in [1.29, 1.82) is 0 Å². The smallest absolute Gasteiger partial charge is 0.257 e. The zero-order valence-electron chi connectivity index (χ0n) is 15.1. The van der Waals surface area contributed by atoms with Gasteiger partial charge in [0.1, 0.15) is 5.75 Å². The van der Waals surface area contributed by atoms with E-state index in [-0.39, 0.29) is 5.56 Å². The van der Waals surface area contributed by atoms with Crippen molar-refractivity contribution in [2.75, 3.05) is 7.11 Å². The van der Waals surface area contributed by atoms with Gasteiger partial charge in [0.2, 0.25) is 0 Å². The highest BCUT2D eigenvalue weighted by molar-refractivity contribution is 5.70. The van der Waals surface area contributed by atoms with Gasteiger partial charge in [0.25, 0.3) is 5.56 Å². The number of methoxy groups -OCH3 is 1. The predicted molar refractivity (Wildman–Crippen MR) is 106 cm³/mol. The van der Waals surface area contributed by atoms with Gasteiger partial charge in [-0.3, -0.25) is 4.79 Å². The molecule has 0 aliphatic heterocycles. The van der Waals surface area contributed by atoms with Crippen LogP contribution in [0, 0.1) is 6.92 Å². The molecule has 27 heavy (non-hydrogen) atoms. The van der Waals surface area contributed by atoms with Gasteiger partial charge in [-0.2, -0.15) is 5.10 Å². The molecule has 0 fully saturated rings. The van der Waals surface area contributed by atoms with E-state index in [0.29, 0.717) is 11.3 Å². The number of H-pyrrole nitrogens is 1. The van der Waals surface area contributed by atoms with Crippen LogP contribution in [0.2, 0.25) is 0 Å². The number of pyridine rings is 1. The summed E-state index contributed by atoms with van der Waals surface area (Å²) in [5, 5.41) is 4.73. The summed E-state index contributed by atoms with van der Waals surface area (Å²) in [4.78, 5) is 15.2. The molecule has 0 aliphatic rings. The molecule has 134 valence electrons. The molecule has 0 aliphatic carbocycles. The second-order valence-corrected chi connectivity index (χ2v) is 6.28. The predicted octanol–water partition coefficient (Wildman–Crippen LogP) is 4.21. The normalized spacial score (nSPS) is 10.7. The van der Waals surface area contributed by atoms with Gasteiger partial charge < -0.3 is 9.72 Å². The summed E-state index contributed by atoms with van der Waals surface area (Å²) in [6, 6.07) is 23.3. The molecule has 4 aromatic rings. The van der Waals surface area contributed by atoms with Gasteiger partial charge in [0.05, 0.1) is 29.7 Å². The van der Waals surface area contributed by atoms with Crippen LogP contribution in [0.15, 0.2) is 77.6 Å². The zero-order chi connectivity index (χ0) is 18.8. The second kappa shape index (κ2) is 6.96. The minimum atomic E-state index is -0.148.